The van der Waals surface area contributed by atoms with E-state index in [2.05, 4.69) is 4.90 Å². The molecule has 116 valence electrons. The summed E-state index contributed by atoms with van der Waals surface area (Å²) in [6.45, 7) is 2.66. The van der Waals surface area contributed by atoms with Crippen LogP contribution in [0.2, 0.25) is 0 Å². The highest BCUT2D eigenvalue weighted by atomic mass is 19.1. The van der Waals surface area contributed by atoms with Gasteiger partial charge in [0.2, 0.25) is 0 Å². The van der Waals surface area contributed by atoms with E-state index >= 15 is 0 Å². The molecule has 1 atom stereocenters. The summed E-state index contributed by atoms with van der Waals surface area (Å²) < 4.78 is 19.3. The third kappa shape index (κ3) is 3.84. The first kappa shape index (κ1) is 15.0. The highest BCUT2D eigenvalue weighted by molar-refractivity contribution is 5.29. The fraction of sp³-hybridized carbons (Fsp3) is 0.333. The number of ether oxygens (including phenoxy) is 1. The number of hydrogen-bond donors (Lipinski definition) is 1. The van der Waals surface area contributed by atoms with Gasteiger partial charge < -0.3 is 9.84 Å². The van der Waals surface area contributed by atoms with Crippen LogP contribution < -0.4 is 4.74 Å². The molecule has 3 rings (SSSR count). The van der Waals surface area contributed by atoms with Crippen molar-refractivity contribution in [2.24, 2.45) is 0 Å². The Labute approximate surface area is 130 Å². The van der Waals surface area contributed by atoms with Crippen LogP contribution in [0.3, 0.4) is 0 Å². The van der Waals surface area contributed by atoms with Gasteiger partial charge in [-0.15, -0.1) is 0 Å². The van der Waals surface area contributed by atoms with E-state index in [0.717, 1.165) is 37.4 Å². The molecule has 0 radical (unpaired) electrons. The van der Waals surface area contributed by atoms with E-state index in [9.17, 15) is 9.50 Å². The van der Waals surface area contributed by atoms with Crippen molar-refractivity contribution >= 4 is 0 Å². The maximum Gasteiger partial charge on any atom is 0.129 e. The molecule has 2 aromatic rings. The molecule has 1 N–H and O–H groups in total. The lowest BCUT2D eigenvalue weighted by atomic mass is 10.2. The number of rotatable bonds is 5. The first-order valence-electron chi connectivity index (χ1n) is 7.56. The maximum absolute atomic E-state index is 13.6. The molecule has 0 amide bonds. The van der Waals surface area contributed by atoms with Gasteiger partial charge in [0, 0.05) is 25.2 Å². The second-order valence-electron chi connectivity index (χ2n) is 5.71. The van der Waals surface area contributed by atoms with Gasteiger partial charge in [-0.05, 0) is 30.2 Å². The Morgan fingerprint density at radius 1 is 1.18 bits per heavy atom. The molecule has 0 spiro atoms. The summed E-state index contributed by atoms with van der Waals surface area (Å²) in [5, 5.41) is 9.57. The smallest absolute Gasteiger partial charge is 0.129 e. The third-order valence-electron chi connectivity index (χ3n) is 3.90. The summed E-state index contributed by atoms with van der Waals surface area (Å²) >= 11 is 0. The molecule has 0 bridgehead atoms. The van der Waals surface area contributed by atoms with Crippen LogP contribution in [0.4, 0.5) is 4.39 Å². The van der Waals surface area contributed by atoms with Gasteiger partial charge in [0.05, 0.1) is 6.10 Å². The zero-order valence-electron chi connectivity index (χ0n) is 12.4. The minimum Gasteiger partial charge on any atom is -0.489 e. The second-order valence-corrected chi connectivity index (χ2v) is 5.71. The standard InChI is InChI=1S/C18H20FNO2/c19-18-7-2-1-5-15(18)13-22-17-6-3-4-14(10-17)11-20-9-8-16(21)12-20/h1-7,10,16,21H,8-9,11-13H2/t16-/m1/s1. The van der Waals surface area contributed by atoms with Crippen molar-refractivity contribution in [1.82, 2.24) is 4.90 Å². The molecular weight excluding hydrogens is 281 g/mol. The van der Waals surface area contributed by atoms with E-state index < -0.39 is 0 Å². The third-order valence-corrected chi connectivity index (χ3v) is 3.90. The number of aliphatic hydroxyl groups is 1. The first-order valence-corrected chi connectivity index (χ1v) is 7.56. The summed E-state index contributed by atoms with van der Waals surface area (Å²) in [6.07, 6.45) is 0.629. The summed E-state index contributed by atoms with van der Waals surface area (Å²) in [6, 6.07) is 14.5. The highest BCUT2D eigenvalue weighted by Crippen LogP contribution is 2.19. The number of halogens is 1. The molecule has 1 fully saturated rings. The van der Waals surface area contributed by atoms with Crippen molar-refractivity contribution in [3.8, 4) is 5.75 Å². The number of β-amino-alcohol motifs (C(OH)–C–C–N with tert-alkyl or cyclic N) is 1. The van der Waals surface area contributed by atoms with Crippen LogP contribution in [-0.4, -0.2) is 29.2 Å². The van der Waals surface area contributed by atoms with Crippen LogP contribution in [0.5, 0.6) is 5.75 Å². The molecule has 0 aromatic heterocycles. The van der Waals surface area contributed by atoms with Crippen LogP contribution >= 0.6 is 0 Å². The molecule has 0 saturated carbocycles. The number of nitrogens with zero attached hydrogens (tertiary/aromatic N) is 1. The number of likely N-dealkylation sites (tertiary alicyclic amines) is 1. The SMILES string of the molecule is O[C@@H]1CCN(Cc2cccc(OCc3ccccc3F)c2)C1. The maximum atomic E-state index is 13.6. The van der Waals surface area contributed by atoms with E-state index in [1.165, 1.54) is 6.07 Å². The zero-order valence-corrected chi connectivity index (χ0v) is 12.4. The highest BCUT2D eigenvalue weighted by Gasteiger charge is 2.19. The molecule has 1 aliphatic rings. The van der Waals surface area contributed by atoms with Crippen LogP contribution in [0.1, 0.15) is 17.5 Å². The Morgan fingerprint density at radius 3 is 2.82 bits per heavy atom. The van der Waals surface area contributed by atoms with Crippen LogP contribution in [0.15, 0.2) is 48.5 Å². The largest absolute Gasteiger partial charge is 0.489 e. The van der Waals surface area contributed by atoms with Gasteiger partial charge in [0.15, 0.2) is 0 Å². The van der Waals surface area contributed by atoms with E-state index in [4.69, 9.17) is 4.74 Å². The Hall–Kier alpha value is -1.91. The molecule has 1 aliphatic heterocycles. The first-order chi connectivity index (χ1) is 10.7. The van der Waals surface area contributed by atoms with Crippen LogP contribution in [-0.2, 0) is 13.2 Å². The van der Waals surface area contributed by atoms with Gasteiger partial charge in [0.1, 0.15) is 18.2 Å². The number of hydrogen-bond acceptors (Lipinski definition) is 3. The van der Waals surface area contributed by atoms with Gasteiger partial charge in [-0.25, -0.2) is 4.39 Å². The summed E-state index contributed by atoms with van der Waals surface area (Å²) in [7, 11) is 0. The van der Waals surface area contributed by atoms with Crippen molar-refractivity contribution < 1.29 is 14.2 Å². The van der Waals surface area contributed by atoms with Crippen molar-refractivity contribution in [1.29, 1.82) is 0 Å². The minimum atomic E-state index is -0.246. The van der Waals surface area contributed by atoms with Crippen LogP contribution in [0, 0.1) is 5.82 Å². The van der Waals surface area contributed by atoms with E-state index in [1.807, 2.05) is 24.3 Å². The van der Waals surface area contributed by atoms with E-state index in [0.29, 0.717) is 5.56 Å². The van der Waals surface area contributed by atoms with Crippen LogP contribution in [0.25, 0.3) is 0 Å². The fourth-order valence-corrected chi connectivity index (χ4v) is 2.72. The molecule has 2 aromatic carbocycles. The number of benzene rings is 2. The second kappa shape index (κ2) is 6.90. The minimum absolute atomic E-state index is 0.208. The molecule has 4 heteroatoms. The average molecular weight is 301 g/mol. The summed E-state index contributed by atoms with van der Waals surface area (Å²) in [4.78, 5) is 2.22. The van der Waals surface area contributed by atoms with Crippen molar-refractivity contribution in [2.45, 2.75) is 25.7 Å². The normalized spacial score (nSPS) is 18.5. The average Bonchev–Trinajstić information content (AvgIpc) is 2.92. The Morgan fingerprint density at radius 2 is 2.05 bits per heavy atom. The molecule has 1 saturated heterocycles. The van der Waals surface area contributed by atoms with E-state index in [1.54, 1.807) is 18.2 Å². The van der Waals surface area contributed by atoms with Gasteiger partial charge in [0.25, 0.3) is 0 Å². The molecule has 3 nitrogen and oxygen atoms in total. The Bertz CT molecular complexity index is 632. The van der Waals surface area contributed by atoms with Gasteiger partial charge >= 0.3 is 0 Å². The Kier molecular flexibility index (Phi) is 4.71. The topological polar surface area (TPSA) is 32.7 Å². The fourth-order valence-electron chi connectivity index (χ4n) is 2.72. The summed E-state index contributed by atoms with van der Waals surface area (Å²) in [5.74, 6) is 0.491. The summed E-state index contributed by atoms with van der Waals surface area (Å²) in [5.41, 5.74) is 1.69. The molecule has 0 aliphatic carbocycles. The van der Waals surface area contributed by atoms with Crippen molar-refractivity contribution in [3.05, 3.63) is 65.5 Å². The number of aliphatic hydroxyl groups excluding tert-OH is 1. The van der Waals surface area contributed by atoms with Crippen molar-refractivity contribution in [2.75, 3.05) is 13.1 Å². The molecular formula is C18H20FNO2. The van der Waals surface area contributed by atoms with Gasteiger partial charge in [-0.1, -0.05) is 30.3 Å². The van der Waals surface area contributed by atoms with Gasteiger partial charge in [-0.3, -0.25) is 4.90 Å². The molecule has 22 heavy (non-hydrogen) atoms. The van der Waals surface area contributed by atoms with E-state index in [-0.39, 0.29) is 18.5 Å². The van der Waals surface area contributed by atoms with Crippen molar-refractivity contribution in [3.63, 3.8) is 0 Å². The van der Waals surface area contributed by atoms with Gasteiger partial charge in [-0.2, -0.15) is 0 Å². The molecule has 1 heterocycles. The lowest BCUT2D eigenvalue weighted by Gasteiger charge is -2.15. The lowest BCUT2D eigenvalue weighted by molar-refractivity contribution is 0.174. The zero-order chi connectivity index (χ0) is 15.4. The quantitative estimate of drug-likeness (QED) is 0.921. The predicted molar refractivity (Wildman–Crippen MR) is 83.1 cm³/mol. The monoisotopic (exact) mass is 301 g/mol. The lowest BCUT2D eigenvalue weighted by Crippen LogP contribution is -2.21. The molecule has 0 unspecified atom stereocenters. The predicted octanol–water partition coefficient (Wildman–Crippen LogP) is 2.97. The Balaban J connectivity index is 1.60.